The van der Waals surface area contributed by atoms with Crippen molar-refractivity contribution in [2.45, 2.75) is 39.5 Å². The van der Waals surface area contributed by atoms with Crippen LogP contribution in [0.15, 0.2) is 24.3 Å². The summed E-state index contributed by atoms with van der Waals surface area (Å²) >= 11 is 0. The number of hydrogen-bond acceptors (Lipinski definition) is 3. The van der Waals surface area contributed by atoms with Crippen LogP contribution in [0, 0.1) is 0 Å². The van der Waals surface area contributed by atoms with Gasteiger partial charge in [0.25, 0.3) is 11.8 Å². The van der Waals surface area contributed by atoms with Crippen molar-refractivity contribution in [3.05, 3.63) is 29.8 Å². The fourth-order valence-electron chi connectivity index (χ4n) is 3.51. The van der Waals surface area contributed by atoms with Crippen molar-refractivity contribution in [1.82, 2.24) is 10.2 Å². The lowest BCUT2D eigenvalue weighted by Crippen LogP contribution is -3.16. The van der Waals surface area contributed by atoms with Crippen molar-refractivity contribution in [3.63, 3.8) is 0 Å². The number of alkyl halides is 2. The van der Waals surface area contributed by atoms with Gasteiger partial charge in [-0.15, -0.1) is 0 Å². The van der Waals surface area contributed by atoms with E-state index in [-0.39, 0.29) is 23.1 Å². The number of rotatable bonds is 8. The summed E-state index contributed by atoms with van der Waals surface area (Å²) in [5.74, 6) is 0.244. The average Bonchev–Trinajstić information content (AvgIpc) is 2.61. The molecule has 168 valence electrons. The number of nitrogens with zero attached hydrogens (tertiary/aromatic N) is 1. The van der Waals surface area contributed by atoms with E-state index in [9.17, 15) is 18.4 Å². The van der Waals surface area contributed by atoms with Crippen molar-refractivity contribution in [1.29, 1.82) is 0 Å². The maximum absolute atomic E-state index is 12.6. The fourth-order valence-corrected chi connectivity index (χ4v) is 3.51. The zero-order chi connectivity index (χ0) is 22.3. The predicted octanol–water partition coefficient (Wildman–Crippen LogP) is -1.06. The second kappa shape index (κ2) is 10.7. The Balaban J connectivity index is 1.73. The topological polar surface area (TPSA) is 67.5 Å². The van der Waals surface area contributed by atoms with E-state index < -0.39 is 6.61 Å². The van der Waals surface area contributed by atoms with Crippen molar-refractivity contribution < 1.29 is 32.9 Å². The molecule has 1 saturated heterocycles. The molecule has 1 heterocycles. The molecule has 2 rings (SSSR count). The summed E-state index contributed by atoms with van der Waals surface area (Å²) in [5, 5.41) is 2.97. The molecule has 0 aliphatic carbocycles. The molecule has 0 spiro atoms. The Morgan fingerprint density at radius 1 is 1.20 bits per heavy atom. The molecular weight excluding hydrogens is 394 g/mol. The number of piperazine rings is 1. The van der Waals surface area contributed by atoms with Gasteiger partial charge in [-0.3, -0.25) is 9.59 Å². The average molecular weight is 429 g/mol. The number of nitrogens with one attached hydrogen (secondary N) is 3. The lowest BCUT2D eigenvalue weighted by atomic mass is 10.1. The first-order chi connectivity index (χ1) is 14.0. The third-order valence-corrected chi connectivity index (χ3v) is 4.86. The molecule has 1 atom stereocenters. The zero-order valence-electron chi connectivity index (χ0n) is 18.3. The number of carbonyl (C=O) groups excluding carboxylic acids is 2. The van der Waals surface area contributed by atoms with Crippen molar-refractivity contribution in [2.75, 3.05) is 46.3 Å². The molecule has 0 radical (unpaired) electrons. The summed E-state index contributed by atoms with van der Waals surface area (Å²) in [5.41, 5.74) is 0.707. The molecular formula is C21H34F2N4O3+2. The van der Waals surface area contributed by atoms with Crippen LogP contribution in [0.3, 0.4) is 0 Å². The quantitative estimate of drug-likeness (QED) is 0.495. The maximum Gasteiger partial charge on any atom is 0.387 e. The van der Waals surface area contributed by atoms with Gasteiger partial charge in [0, 0.05) is 11.1 Å². The van der Waals surface area contributed by atoms with Gasteiger partial charge in [0.05, 0.1) is 33.2 Å². The van der Waals surface area contributed by atoms with E-state index in [1.807, 2.05) is 32.7 Å². The number of carbonyl (C=O) groups is 2. The summed E-state index contributed by atoms with van der Waals surface area (Å²) in [7, 11) is 1.93. The summed E-state index contributed by atoms with van der Waals surface area (Å²) in [4.78, 5) is 28.7. The lowest BCUT2D eigenvalue weighted by Gasteiger charge is -2.32. The number of halogens is 2. The third kappa shape index (κ3) is 8.62. The number of quaternary nitrogens is 2. The minimum Gasteiger partial charge on any atom is -0.435 e. The Bertz CT molecular complexity index is 699. The van der Waals surface area contributed by atoms with E-state index in [1.165, 1.54) is 17.0 Å². The molecule has 1 aromatic rings. The molecule has 3 N–H and O–H groups in total. The highest BCUT2D eigenvalue weighted by molar-refractivity contribution is 5.78. The Morgan fingerprint density at radius 3 is 2.33 bits per heavy atom. The molecule has 0 aromatic heterocycles. The molecule has 2 amide bonds. The third-order valence-electron chi connectivity index (χ3n) is 4.86. The number of ether oxygens (including phenoxy) is 1. The highest BCUT2D eigenvalue weighted by Crippen LogP contribution is 2.14. The Kier molecular flexibility index (Phi) is 8.54. The lowest BCUT2D eigenvalue weighted by molar-refractivity contribution is -0.897. The SMILES string of the molecule is C[NH+](CC(=O)N1CC[NH+](CC(=O)NC(C)(C)C)CC1)Cc1ccc(OC(F)F)cc1. The van der Waals surface area contributed by atoms with Gasteiger partial charge in [-0.2, -0.15) is 8.78 Å². The molecule has 1 aliphatic rings. The van der Waals surface area contributed by atoms with E-state index in [1.54, 1.807) is 12.1 Å². The van der Waals surface area contributed by atoms with E-state index in [2.05, 4.69) is 10.1 Å². The highest BCUT2D eigenvalue weighted by atomic mass is 19.3. The van der Waals surface area contributed by atoms with Gasteiger partial charge in [0.15, 0.2) is 13.1 Å². The fraction of sp³-hybridized carbons (Fsp3) is 0.619. The summed E-state index contributed by atoms with van der Waals surface area (Å²) in [6, 6.07) is 6.48. The standard InChI is InChI=1S/C21H32F2N4O3/c1-21(2,3)24-18(28)14-26-9-11-27(12-10-26)19(29)15-25(4)13-16-5-7-17(8-6-16)30-20(22)23/h5-8,20H,9-15H2,1-4H3,(H,24,28)/p+2. The van der Waals surface area contributed by atoms with Crippen LogP contribution in [0.5, 0.6) is 5.75 Å². The Labute approximate surface area is 176 Å². The normalized spacial score (nSPS) is 16.4. The van der Waals surface area contributed by atoms with Crippen LogP contribution >= 0.6 is 0 Å². The molecule has 30 heavy (non-hydrogen) atoms. The van der Waals surface area contributed by atoms with E-state index in [0.29, 0.717) is 32.7 Å². The van der Waals surface area contributed by atoms with Gasteiger partial charge < -0.3 is 24.8 Å². The Hall–Kier alpha value is -2.26. The van der Waals surface area contributed by atoms with Crippen LogP contribution in [0.4, 0.5) is 8.78 Å². The van der Waals surface area contributed by atoms with Crippen molar-refractivity contribution in [2.24, 2.45) is 0 Å². The Morgan fingerprint density at radius 2 is 1.80 bits per heavy atom. The predicted molar refractivity (Wildman–Crippen MR) is 109 cm³/mol. The first-order valence-electron chi connectivity index (χ1n) is 10.3. The minimum absolute atomic E-state index is 0.0337. The summed E-state index contributed by atoms with van der Waals surface area (Å²) in [6.45, 7) is 7.24. The summed E-state index contributed by atoms with van der Waals surface area (Å²) in [6.07, 6.45) is 0. The monoisotopic (exact) mass is 428 g/mol. The summed E-state index contributed by atoms with van der Waals surface area (Å²) < 4.78 is 28.8. The number of amides is 2. The zero-order valence-corrected chi connectivity index (χ0v) is 18.3. The first kappa shape index (κ1) is 24.0. The van der Waals surface area contributed by atoms with E-state index in [4.69, 9.17) is 0 Å². The van der Waals surface area contributed by atoms with Gasteiger partial charge in [-0.25, -0.2) is 0 Å². The van der Waals surface area contributed by atoms with Gasteiger partial charge in [-0.05, 0) is 45.0 Å². The maximum atomic E-state index is 12.6. The second-order valence-electron chi connectivity index (χ2n) is 8.94. The van der Waals surface area contributed by atoms with Crippen LogP contribution in [-0.2, 0) is 16.1 Å². The van der Waals surface area contributed by atoms with E-state index >= 15 is 0 Å². The van der Waals surface area contributed by atoms with Gasteiger partial charge in [0.2, 0.25) is 0 Å². The smallest absolute Gasteiger partial charge is 0.387 e. The number of likely N-dealkylation sites (N-methyl/N-ethyl adjacent to an activating group) is 1. The van der Waals surface area contributed by atoms with Crippen LogP contribution in [0.2, 0.25) is 0 Å². The number of hydrogen-bond donors (Lipinski definition) is 3. The van der Waals surface area contributed by atoms with Crippen LogP contribution in [0.25, 0.3) is 0 Å². The highest BCUT2D eigenvalue weighted by Gasteiger charge is 2.27. The van der Waals surface area contributed by atoms with Gasteiger partial charge in [-0.1, -0.05) is 0 Å². The molecule has 1 aliphatic heterocycles. The van der Waals surface area contributed by atoms with Gasteiger partial charge >= 0.3 is 6.61 Å². The molecule has 0 bridgehead atoms. The van der Waals surface area contributed by atoms with Crippen molar-refractivity contribution in [3.8, 4) is 5.75 Å². The van der Waals surface area contributed by atoms with Crippen LogP contribution in [-0.4, -0.2) is 75.2 Å². The van der Waals surface area contributed by atoms with Crippen molar-refractivity contribution >= 4 is 11.8 Å². The molecule has 0 saturated carbocycles. The molecule has 9 heteroatoms. The molecule has 1 aromatic carbocycles. The van der Waals surface area contributed by atoms with Crippen LogP contribution in [0.1, 0.15) is 26.3 Å². The molecule has 7 nitrogen and oxygen atoms in total. The molecule has 1 unspecified atom stereocenters. The second-order valence-corrected chi connectivity index (χ2v) is 8.94. The molecule has 1 fully saturated rings. The largest absolute Gasteiger partial charge is 0.435 e. The van der Waals surface area contributed by atoms with Gasteiger partial charge in [0.1, 0.15) is 12.3 Å². The number of benzene rings is 1. The first-order valence-corrected chi connectivity index (χ1v) is 10.3. The van der Waals surface area contributed by atoms with E-state index in [0.717, 1.165) is 23.6 Å². The van der Waals surface area contributed by atoms with Crippen LogP contribution < -0.4 is 19.9 Å². The minimum atomic E-state index is -2.84.